The zero-order chi connectivity index (χ0) is 18.9. The number of rotatable bonds is 10. The van der Waals surface area contributed by atoms with Crippen LogP contribution in [0.3, 0.4) is 0 Å². The lowest BCUT2D eigenvalue weighted by Crippen LogP contribution is -2.13. The van der Waals surface area contributed by atoms with Gasteiger partial charge in [-0.1, -0.05) is 30.3 Å². The van der Waals surface area contributed by atoms with Gasteiger partial charge >= 0.3 is 11.9 Å². The van der Waals surface area contributed by atoms with Crippen LogP contribution >= 0.6 is 11.3 Å². The Morgan fingerprint density at radius 1 is 1.04 bits per heavy atom. The van der Waals surface area contributed by atoms with E-state index in [9.17, 15) is 14.4 Å². The average molecular weight is 374 g/mol. The van der Waals surface area contributed by atoms with Crippen molar-refractivity contribution >= 4 is 29.1 Å². The number of carbonyl (C=O) groups excluding carboxylic acids is 2. The van der Waals surface area contributed by atoms with Gasteiger partial charge in [0.15, 0.2) is 0 Å². The van der Waals surface area contributed by atoms with Crippen molar-refractivity contribution in [3.8, 4) is 0 Å². The molecule has 0 spiro atoms. The predicted molar refractivity (Wildman–Crippen MR) is 99.7 cm³/mol. The van der Waals surface area contributed by atoms with Gasteiger partial charge in [-0.05, 0) is 38.3 Å². The number of hydrogen-bond donors (Lipinski definition) is 1. The fourth-order valence-corrected chi connectivity index (χ4v) is 3.42. The van der Waals surface area contributed by atoms with Crippen molar-refractivity contribution in [2.45, 2.75) is 38.5 Å². The quantitative estimate of drug-likeness (QED) is 0.382. The number of aliphatic carboxylic acids is 1. The maximum atomic E-state index is 12.4. The lowest BCUT2D eigenvalue weighted by molar-refractivity contribution is -0.145. The Hall–Kier alpha value is -2.47. The first-order chi connectivity index (χ1) is 12.5. The van der Waals surface area contributed by atoms with Crippen LogP contribution in [0.25, 0.3) is 0 Å². The molecule has 0 radical (unpaired) electrons. The van der Waals surface area contributed by atoms with Crippen LogP contribution in [-0.2, 0) is 14.3 Å². The number of hydrogen-bond acceptors (Lipinski definition) is 5. The van der Waals surface area contributed by atoms with Gasteiger partial charge in [-0.3, -0.25) is 14.4 Å². The summed E-state index contributed by atoms with van der Waals surface area (Å²) in [5.74, 6) is -1.63. The third-order valence-corrected chi connectivity index (χ3v) is 5.21. The fraction of sp³-hybridized carbons (Fsp3) is 0.350. The van der Waals surface area contributed by atoms with Gasteiger partial charge < -0.3 is 9.84 Å². The molecule has 26 heavy (non-hydrogen) atoms. The van der Waals surface area contributed by atoms with Crippen LogP contribution in [0.4, 0.5) is 0 Å². The van der Waals surface area contributed by atoms with Crippen molar-refractivity contribution in [1.29, 1.82) is 0 Å². The van der Waals surface area contributed by atoms with E-state index < -0.39 is 11.9 Å². The van der Waals surface area contributed by atoms with E-state index in [1.54, 1.807) is 31.2 Å². The summed E-state index contributed by atoms with van der Waals surface area (Å²) in [6.45, 7) is 2.04. The maximum absolute atomic E-state index is 12.4. The van der Waals surface area contributed by atoms with E-state index in [1.165, 1.54) is 11.3 Å². The number of esters is 1. The van der Waals surface area contributed by atoms with Crippen molar-refractivity contribution in [3.63, 3.8) is 0 Å². The lowest BCUT2D eigenvalue weighted by Gasteiger charge is -2.09. The van der Waals surface area contributed by atoms with E-state index >= 15 is 0 Å². The molecule has 0 aliphatic rings. The Labute approximate surface area is 156 Å². The molecule has 1 aromatic heterocycles. The number of thiophene rings is 1. The van der Waals surface area contributed by atoms with E-state index in [0.717, 1.165) is 4.88 Å². The first kappa shape index (κ1) is 19.8. The van der Waals surface area contributed by atoms with Crippen LogP contribution in [0.1, 0.15) is 58.6 Å². The average Bonchev–Trinajstić information content (AvgIpc) is 3.13. The zero-order valence-corrected chi connectivity index (χ0v) is 15.5. The van der Waals surface area contributed by atoms with Gasteiger partial charge in [0, 0.05) is 16.9 Å². The van der Waals surface area contributed by atoms with E-state index in [0.29, 0.717) is 29.7 Å². The second-order valence-corrected chi connectivity index (χ2v) is 7.11. The number of unbranched alkanes of at least 4 members (excludes halogenated alkanes) is 2. The molecule has 1 heterocycles. The van der Waals surface area contributed by atoms with Crippen molar-refractivity contribution in [3.05, 3.63) is 57.8 Å². The zero-order valence-electron chi connectivity index (χ0n) is 14.6. The molecule has 0 aliphatic heterocycles. The molecule has 0 bridgehead atoms. The first-order valence-corrected chi connectivity index (χ1v) is 9.38. The number of carboxylic acids is 1. The van der Waals surface area contributed by atoms with Crippen LogP contribution in [0.2, 0.25) is 0 Å². The third-order valence-electron chi connectivity index (χ3n) is 3.95. The standard InChI is InChI=1S/C20H22O5S/c1-14(20(24)25-13-7-3-6-10-18(21)22)16-11-12-17(26-16)19(23)15-8-4-2-5-9-15/h2,4-5,8-9,11-12,14H,3,6-7,10,13H2,1H3,(H,21,22). The smallest absolute Gasteiger partial charge is 0.313 e. The molecule has 5 nitrogen and oxygen atoms in total. The minimum absolute atomic E-state index is 0.0548. The Morgan fingerprint density at radius 3 is 2.46 bits per heavy atom. The number of carbonyl (C=O) groups is 3. The van der Waals surface area contributed by atoms with E-state index in [1.807, 2.05) is 18.2 Å². The van der Waals surface area contributed by atoms with E-state index in [4.69, 9.17) is 9.84 Å². The van der Waals surface area contributed by atoms with Crippen molar-refractivity contribution in [1.82, 2.24) is 0 Å². The molecule has 0 fully saturated rings. The molecule has 1 atom stereocenters. The summed E-state index contributed by atoms with van der Waals surface area (Å²) in [6.07, 6.45) is 2.08. The van der Waals surface area contributed by atoms with Gasteiger partial charge in [-0.15, -0.1) is 11.3 Å². The Morgan fingerprint density at radius 2 is 1.77 bits per heavy atom. The number of ketones is 1. The van der Waals surface area contributed by atoms with Gasteiger partial charge in [0.05, 0.1) is 17.4 Å². The largest absolute Gasteiger partial charge is 0.481 e. The molecule has 1 unspecified atom stereocenters. The highest BCUT2D eigenvalue weighted by molar-refractivity contribution is 7.14. The Bertz CT molecular complexity index is 751. The highest BCUT2D eigenvalue weighted by Gasteiger charge is 2.20. The van der Waals surface area contributed by atoms with Gasteiger partial charge in [0.1, 0.15) is 0 Å². The van der Waals surface area contributed by atoms with Gasteiger partial charge in [0.2, 0.25) is 5.78 Å². The van der Waals surface area contributed by atoms with Gasteiger partial charge in [-0.25, -0.2) is 0 Å². The lowest BCUT2D eigenvalue weighted by atomic mass is 10.1. The molecule has 1 N–H and O–H groups in total. The summed E-state index contributed by atoms with van der Waals surface area (Å²) in [6, 6.07) is 12.6. The predicted octanol–water partition coefficient (Wildman–Crippen LogP) is 4.27. The topological polar surface area (TPSA) is 80.7 Å². The van der Waals surface area contributed by atoms with Crippen LogP contribution in [0.15, 0.2) is 42.5 Å². The molecular formula is C20H22O5S. The maximum Gasteiger partial charge on any atom is 0.313 e. The minimum Gasteiger partial charge on any atom is -0.481 e. The molecular weight excluding hydrogens is 352 g/mol. The number of carboxylic acid groups (broad SMARTS) is 1. The highest BCUT2D eigenvalue weighted by atomic mass is 32.1. The summed E-state index contributed by atoms with van der Waals surface area (Å²) in [7, 11) is 0. The van der Waals surface area contributed by atoms with E-state index in [-0.39, 0.29) is 24.8 Å². The van der Waals surface area contributed by atoms with Crippen LogP contribution in [0, 0.1) is 0 Å². The van der Waals surface area contributed by atoms with Crippen LogP contribution < -0.4 is 0 Å². The van der Waals surface area contributed by atoms with Crippen molar-refractivity contribution in [2.75, 3.05) is 6.61 Å². The molecule has 0 saturated heterocycles. The molecule has 0 amide bonds. The monoisotopic (exact) mass is 374 g/mol. The van der Waals surface area contributed by atoms with Crippen LogP contribution in [0.5, 0.6) is 0 Å². The number of benzene rings is 1. The molecule has 1 aromatic carbocycles. The number of ether oxygens (including phenoxy) is 1. The summed E-state index contributed by atoms with van der Waals surface area (Å²) >= 11 is 1.31. The van der Waals surface area contributed by atoms with Crippen LogP contribution in [-0.4, -0.2) is 29.4 Å². The Balaban J connectivity index is 1.83. The van der Waals surface area contributed by atoms with Crippen molar-refractivity contribution in [2.24, 2.45) is 0 Å². The summed E-state index contributed by atoms with van der Waals surface area (Å²) < 4.78 is 5.26. The SMILES string of the molecule is CC(C(=O)OCCCCCC(=O)O)c1ccc(C(=O)c2ccccc2)s1. The molecule has 2 aromatic rings. The normalized spacial score (nSPS) is 11.7. The third kappa shape index (κ3) is 5.81. The van der Waals surface area contributed by atoms with E-state index in [2.05, 4.69) is 0 Å². The molecule has 138 valence electrons. The summed E-state index contributed by atoms with van der Waals surface area (Å²) in [5, 5.41) is 8.56. The summed E-state index contributed by atoms with van der Waals surface area (Å²) in [4.78, 5) is 36.4. The molecule has 6 heteroatoms. The Kier molecular flexibility index (Phi) is 7.53. The fourth-order valence-electron chi connectivity index (χ4n) is 2.41. The second kappa shape index (κ2) is 9.87. The first-order valence-electron chi connectivity index (χ1n) is 8.57. The van der Waals surface area contributed by atoms with Gasteiger partial charge in [0.25, 0.3) is 0 Å². The molecule has 2 rings (SSSR count). The van der Waals surface area contributed by atoms with Gasteiger partial charge in [-0.2, -0.15) is 0 Å². The van der Waals surface area contributed by atoms with Crippen molar-refractivity contribution < 1.29 is 24.2 Å². The molecule has 0 aliphatic carbocycles. The summed E-state index contributed by atoms with van der Waals surface area (Å²) in [5.41, 5.74) is 0.623. The highest BCUT2D eigenvalue weighted by Crippen LogP contribution is 2.27. The second-order valence-electron chi connectivity index (χ2n) is 5.99. The minimum atomic E-state index is -0.811. The molecule has 0 saturated carbocycles.